The third-order valence-electron chi connectivity index (χ3n) is 1.34. The summed E-state index contributed by atoms with van der Waals surface area (Å²) < 4.78 is 0. The lowest BCUT2D eigenvalue weighted by molar-refractivity contribution is 0.810. The highest BCUT2D eigenvalue weighted by atomic mass is 15.5. The smallest absolute Gasteiger partial charge is 0.202 e. The normalized spacial score (nSPS) is 10.2. The van der Waals surface area contributed by atoms with Gasteiger partial charge in [-0.1, -0.05) is 6.58 Å². The van der Waals surface area contributed by atoms with Crippen molar-refractivity contribution in [3.63, 3.8) is 0 Å². The van der Waals surface area contributed by atoms with Crippen molar-refractivity contribution in [2.24, 2.45) is 0 Å². The van der Waals surface area contributed by atoms with Gasteiger partial charge in [0.25, 0.3) is 0 Å². The zero-order chi connectivity index (χ0) is 7.68. The zero-order valence-electron chi connectivity index (χ0n) is 5.81. The molecule has 2 aromatic rings. The number of hydrogen-bond donors (Lipinski definition) is 0. The molecule has 0 aliphatic heterocycles. The fourth-order valence-corrected chi connectivity index (χ4v) is 0.855. The van der Waals surface area contributed by atoms with Crippen molar-refractivity contribution >= 4 is 17.4 Å². The molecule has 0 saturated heterocycles. The van der Waals surface area contributed by atoms with Gasteiger partial charge in [-0.25, -0.2) is 4.98 Å². The van der Waals surface area contributed by atoms with Gasteiger partial charge < -0.3 is 0 Å². The largest absolute Gasteiger partial charge is 0.234 e. The van der Waals surface area contributed by atoms with Gasteiger partial charge in [-0.05, 0) is 12.1 Å². The summed E-state index contributed by atoms with van der Waals surface area (Å²) in [6.45, 7) is 3.54. The molecule has 2 heterocycles. The standard InChI is InChI=1S/C7H6N4/c1-2-11-9-6-4-3-5-8-7(6)10-11/h2-5H,1H2. The molecule has 11 heavy (non-hydrogen) atoms. The molecule has 54 valence electrons. The van der Waals surface area contributed by atoms with Crippen molar-refractivity contribution in [1.82, 2.24) is 20.0 Å². The first-order valence-electron chi connectivity index (χ1n) is 3.20. The van der Waals surface area contributed by atoms with Gasteiger partial charge in [-0.2, -0.15) is 4.80 Å². The highest BCUT2D eigenvalue weighted by Crippen LogP contribution is 2.02. The van der Waals surface area contributed by atoms with Gasteiger partial charge in [0.1, 0.15) is 5.52 Å². The number of pyridine rings is 1. The van der Waals surface area contributed by atoms with Crippen molar-refractivity contribution in [2.75, 3.05) is 0 Å². The highest BCUT2D eigenvalue weighted by Gasteiger charge is 1.97. The molecular formula is C7H6N4. The lowest BCUT2D eigenvalue weighted by atomic mass is 10.4. The summed E-state index contributed by atoms with van der Waals surface area (Å²) in [5.41, 5.74) is 1.43. The van der Waals surface area contributed by atoms with E-state index in [2.05, 4.69) is 21.8 Å². The van der Waals surface area contributed by atoms with Gasteiger partial charge in [-0.3, -0.25) is 0 Å². The van der Waals surface area contributed by atoms with E-state index in [-0.39, 0.29) is 0 Å². The van der Waals surface area contributed by atoms with Gasteiger partial charge in [0.15, 0.2) is 0 Å². The molecule has 0 fully saturated rings. The van der Waals surface area contributed by atoms with Crippen molar-refractivity contribution in [3.05, 3.63) is 24.9 Å². The minimum atomic E-state index is 0.646. The summed E-state index contributed by atoms with van der Waals surface area (Å²) in [6.07, 6.45) is 3.21. The molecule has 4 heteroatoms. The van der Waals surface area contributed by atoms with Crippen molar-refractivity contribution in [2.45, 2.75) is 0 Å². The van der Waals surface area contributed by atoms with E-state index in [0.717, 1.165) is 5.52 Å². The predicted molar refractivity (Wildman–Crippen MR) is 41.7 cm³/mol. The average molecular weight is 146 g/mol. The number of rotatable bonds is 1. The summed E-state index contributed by atoms with van der Waals surface area (Å²) in [7, 11) is 0. The van der Waals surface area contributed by atoms with Crippen LogP contribution in [0.2, 0.25) is 0 Å². The number of fused-ring (bicyclic) bond motifs is 1. The van der Waals surface area contributed by atoms with E-state index in [4.69, 9.17) is 0 Å². The SMILES string of the molecule is C=Cn1nc2cccnc2n1. The quantitative estimate of drug-likeness (QED) is 0.601. The Balaban J connectivity index is 2.78. The first-order valence-corrected chi connectivity index (χ1v) is 3.20. The van der Waals surface area contributed by atoms with Crippen LogP contribution in [0, 0.1) is 0 Å². The molecule has 0 N–H and O–H groups in total. The second-order valence-electron chi connectivity index (χ2n) is 2.05. The molecule has 0 bridgehead atoms. The molecule has 0 aromatic carbocycles. The fourth-order valence-electron chi connectivity index (χ4n) is 0.855. The molecule has 0 unspecified atom stereocenters. The summed E-state index contributed by atoms with van der Waals surface area (Å²) in [6, 6.07) is 3.68. The second kappa shape index (κ2) is 2.16. The third-order valence-corrected chi connectivity index (χ3v) is 1.34. The topological polar surface area (TPSA) is 43.6 Å². The predicted octanol–water partition coefficient (Wildman–Crippen LogP) is 0.927. The summed E-state index contributed by atoms with van der Waals surface area (Å²) in [5.74, 6) is 0. The van der Waals surface area contributed by atoms with Crippen LogP contribution in [-0.4, -0.2) is 20.0 Å². The van der Waals surface area contributed by atoms with E-state index in [1.54, 1.807) is 6.20 Å². The van der Waals surface area contributed by atoms with Gasteiger partial charge >= 0.3 is 0 Å². The summed E-state index contributed by atoms with van der Waals surface area (Å²) >= 11 is 0. The van der Waals surface area contributed by atoms with Crippen LogP contribution < -0.4 is 0 Å². The molecule has 0 saturated carbocycles. The Morgan fingerprint density at radius 1 is 1.45 bits per heavy atom. The van der Waals surface area contributed by atoms with Gasteiger partial charge in [0, 0.05) is 12.4 Å². The molecule has 2 aromatic heterocycles. The molecule has 2 rings (SSSR count). The van der Waals surface area contributed by atoms with Crippen LogP contribution in [0.15, 0.2) is 24.9 Å². The molecular weight excluding hydrogens is 140 g/mol. The minimum absolute atomic E-state index is 0.646. The molecule has 0 spiro atoms. The van der Waals surface area contributed by atoms with Crippen molar-refractivity contribution in [3.8, 4) is 0 Å². The van der Waals surface area contributed by atoms with Crippen LogP contribution in [0.25, 0.3) is 17.4 Å². The minimum Gasteiger partial charge on any atom is -0.234 e. The Labute approximate surface area is 63.2 Å². The number of aromatic nitrogens is 4. The Morgan fingerprint density at radius 2 is 2.36 bits per heavy atom. The van der Waals surface area contributed by atoms with Crippen LogP contribution in [0.3, 0.4) is 0 Å². The maximum absolute atomic E-state index is 4.06. The van der Waals surface area contributed by atoms with Gasteiger partial charge in [0.2, 0.25) is 5.65 Å². The van der Waals surface area contributed by atoms with E-state index < -0.39 is 0 Å². The Bertz CT molecular complexity index is 357. The van der Waals surface area contributed by atoms with Crippen LogP contribution in [-0.2, 0) is 0 Å². The fraction of sp³-hybridized carbons (Fsp3) is 0. The molecule has 0 aliphatic carbocycles. The first kappa shape index (κ1) is 6.03. The maximum Gasteiger partial charge on any atom is 0.202 e. The lowest BCUT2D eigenvalue weighted by Gasteiger charge is -1.79. The summed E-state index contributed by atoms with van der Waals surface area (Å²) in [4.78, 5) is 5.41. The Hall–Kier alpha value is -1.71. The van der Waals surface area contributed by atoms with E-state index in [9.17, 15) is 0 Å². The molecule has 0 atom stereocenters. The maximum atomic E-state index is 4.06. The molecule has 0 amide bonds. The van der Waals surface area contributed by atoms with E-state index in [1.165, 1.54) is 11.0 Å². The van der Waals surface area contributed by atoms with Gasteiger partial charge in [-0.15, -0.1) is 10.2 Å². The zero-order valence-corrected chi connectivity index (χ0v) is 5.81. The second-order valence-corrected chi connectivity index (χ2v) is 2.05. The van der Waals surface area contributed by atoms with E-state index in [0.29, 0.717) is 5.65 Å². The monoisotopic (exact) mass is 146 g/mol. The van der Waals surface area contributed by atoms with E-state index >= 15 is 0 Å². The number of hydrogen-bond acceptors (Lipinski definition) is 3. The number of nitrogens with zero attached hydrogens (tertiary/aromatic N) is 4. The van der Waals surface area contributed by atoms with Crippen LogP contribution in [0.5, 0.6) is 0 Å². The van der Waals surface area contributed by atoms with Crippen LogP contribution in [0.1, 0.15) is 0 Å². The Morgan fingerprint density at radius 3 is 3.09 bits per heavy atom. The average Bonchev–Trinajstić information content (AvgIpc) is 2.46. The van der Waals surface area contributed by atoms with Gasteiger partial charge in [0.05, 0.1) is 0 Å². The first-order chi connectivity index (χ1) is 5.40. The van der Waals surface area contributed by atoms with Crippen LogP contribution in [0.4, 0.5) is 0 Å². The summed E-state index contributed by atoms with van der Waals surface area (Å²) in [5, 5.41) is 8.06. The van der Waals surface area contributed by atoms with Crippen molar-refractivity contribution in [1.29, 1.82) is 0 Å². The third kappa shape index (κ3) is 0.881. The Kier molecular flexibility index (Phi) is 1.18. The molecule has 0 radical (unpaired) electrons. The molecule has 4 nitrogen and oxygen atoms in total. The molecule has 0 aliphatic rings. The lowest BCUT2D eigenvalue weighted by Crippen LogP contribution is -1.88. The van der Waals surface area contributed by atoms with Crippen molar-refractivity contribution < 1.29 is 0 Å². The van der Waals surface area contributed by atoms with E-state index in [1.807, 2.05) is 12.1 Å². The highest BCUT2D eigenvalue weighted by molar-refractivity contribution is 5.68. The van der Waals surface area contributed by atoms with Crippen LogP contribution >= 0.6 is 0 Å².